The molecular weight excluding hydrogens is 292 g/mol. The summed E-state index contributed by atoms with van der Waals surface area (Å²) >= 11 is 7.17. The van der Waals surface area contributed by atoms with Crippen molar-refractivity contribution in [3.63, 3.8) is 0 Å². The molecule has 1 heterocycles. The average molecular weight is 302 g/mol. The molecule has 0 aliphatic heterocycles. The van der Waals surface area contributed by atoms with Gasteiger partial charge in [-0.25, -0.2) is 8.78 Å². The van der Waals surface area contributed by atoms with Crippen LogP contribution in [-0.2, 0) is 6.54 Å². The lowest BCUT2D eigenvalue weighted by atomic mass is 10.2. The Balaban J connectivity index is 2.12. The largest absolute Gasteiger partial charge is 0.337 e. The van der Waals surface area contributed by atoms with Crippen LogP contribution in [0.5, 0.6) is 0 Å². The monoisotopic (exact) mass is 301 g/mol. The number of carbonyl (C=O) groups excluding carboxylic acids is 1. The van der Waals surface area contributed by atoms with Crippen molar-refractivity contribution in [1.29, 1.82) is 0 Å². The SMILES string of the molecule is CN(Cc1ccc(Cl)s1)C(=O)c1ccc(F)c(F)c1. The number of benzene rings is 1. The maximum atomic E-state index is 13.1. The molecule has 1 aromatic carbocycles. The maximum absolute atomic E-state index is 13.1. The molecule has 100 valence electrons. The number of rotatable bonds is 3. The zero-order valence-electron chi connectivity index (χ0n) is 9.99. The highest BCUT2D eigenvalue weighted by atomic mass is 35.5. The van der Waals surface area contributed by atoms with Gasteiger partial charge in [0.1, 0.15) is 0 Å². The first kappa shape index (κ1) is 14.0. The Morgan fingerprint density at radius 2 is 2.00 bits per heavy atom. The first-order valence-corrected chi connectivity index (χ1v) is 6.61. The highest BCUT2D eigenvalue weighted by Crippen LogP contribution is 2.23. The molecule has 19 heavy (non-hydrogen) atoms. The van der Waals surface area contributed by atoms with E-state index >= 15 is 0 Å². The molecule has 0 bridgehead atoms. The lowest BCUT2D eigenvalue weighted by Gasteiger charge is -2.16. The summed E-state index contributed by atoms with van der Waals surface area (Å²) in [5.41, 5.74) is 0.115. The number of nitrogens with zero attached hydrogens (tertiary/aromatic N) is 1. The van der Waals surface area contributed by atoms with Crippen LogP contribution >= 0.6 is 22.9 Å². The second-order valence-electron chi connectivity index (χ2n) is 4.00. The molecule has 2 rings (SSSR count). The third-order valence-electron chi connectivity index (χ3n) is 2.54. The normalized spacial score (nSPS) is 10.5. The van der Waals surface area contributed by atoms with E-state index in [0.29, 0.717) is 10.9 Å². The van der Waals surface area contributed by atoms with Gasteiger partial charge in [-0.15, -0.1) is 11.3 Å². The van der Waals surface area contributed by atoms with E-state index in [2.05, 4.69) is 0 Å². The molecule has 0 aliphatic carbocycles. The van der Waals surface area contributed by atoms with Crippen molar-refractivity contribution in [1.82, 2.24) is 4.90 Å². The van der Waals surface area contributed by atoms with Gasteiger partial charge in [-0.3, -0.25) is 4.79 Å². The van der Waals surface area contributed by atoms with E-state index in [4.69, 9.17) is 11.6 Å². The van der Waals surface area contributed by atoms with Gasteiger partial charge in [0.05, 0.1) is 10.9 Å². The van der Waals surface area contributed by atoms with Crippen LogP contribution in [0.25, 0.3) is 0 Å². The number of hydrogen-bond acceptors (Lipinski definition) is 2. The smallest absolute Gasteiger partial charge is 0.254 e. The first-order valence-electron chi connectivity index (χ1n) is 5.42. The van der Waals surface area contributed by atoms with Crippen LogP contribution in [0.2, 0.25) is 4.34 Å². The third kappa shape index (κ3) is 3.30. The van der Waals surface area contributed by atoms with Crippen molar-refractivity contribution in [3.8, 4) is 0 Å². The topological polar surface area (TPSA) is 20.3 Å². The molecule has 2 nitrogen and oxygen atoms in total. The minimum atomic E-state index is -1.03. The number of amides is 1. The van der Waals surface area contributed by atoms with Crippen molar-refractivity contribution < 1.29 is 13.6 Å². The molecule has 0 N–H and O–H groups in total. The van der Waals surface area contributed by atoms with Crippen LogP contribution in [0.15, 0.2) is 30.3 Å². The van der Waals surface area contributed by atoms with Crippen molar-refractivity contribution in [3.05, 3.63) is 56.7 Å². The Kier molecular flexibility index (Phi) is 4.17. The summed E-state index contributed by atoms with van der Waals surface area (Å²) < 4.78 is 26.5. The van der Waals surface area contributed by atoms with E-state index in [1.54, 1.807) is 13.1 Å². The van der Waals surface area contributed by atoms with Gasteiger partial charge in [0.25, 0.3) is 5.91 Å². The van der Waals surface area contributed by atoms with Crippen molar-refractivity contribution >= 4 is 28.8 Å². The summed E-state index contributed by atoms with van der Waals surface area (Å²) in [6.07, 6.45) is 0. The van der Waals surface area contributed by atoms with Crippen molar-refractivity contribution in [2.75, 3.05) is 7.05 Å². The van der Waals surface area contributed by atoms with Crippen LogP contribution < -0.4 is 0 Å². The van der Waals surface area contributed by atoms with Gasteiger partial charge in [0.2, 0.25) is 0 Å². The third-order valence-corrected chi connectivity index (χ3v) is 3.75. The molecule has 0 saturated carbocycles. The van der Waals surface area contributed by atoms with E-state index in [0.717, 1.165) is 17.0 Å². The van der Waals surface area contributed by atoms with Gasteiger partial charge < -0.3 is 4.90 Å². The van der Waals surface area contributed by atoms with Gasteiger partial charge in [0, 0.05) is 17.5 Å². The second-order valence-corrected chi connectivity index (χ2v) is 5.80. The molecule has 6 heteroatoms. The van der Waals surface area contributed by atoms with Gasteiger partial charge in [0.15, 0.2) is 11.6 Å². The number of carbonyl (C=O) groups is 1. The summed E-state index contributed by atoms with van der Waals surface area (Å²) in [6.45, 7) is 0.370. The summed E-state index contributed by atoms with van der Waals surface area (Å²) in [4.78, 5) is 14.4. The van der Waals surface area contributed by atoms with Gasteiger partial charge in [-0.1, -0.05) is 11.6 Å². The van der Waals surface area contributed by atoms with E-state index in [1.165, 1.54) is 22.3 Å². The van der Waals surface area contributed by atoms with E-state index in [-0.39, 0.29) is 11.5 Å². The minimum absolute atomic E-state index is 0.115. The van der Waals surface area contributed by atoms with Crippen LogP contribution in [-0.4, -0.2) is 17.9 Å². The van der Waals surface area contributed by atoms with Crippen LogP contribution in [0, 0.1) is 11.6 Å². The fraction of sp³-hybridized carbons (Fsp3) is 0.154. The molecule has 0 atom stereocenters. The standard InChI is InChI=1S/C13H10ClF2NOS/c1-17(7-9-3-5-12(14)19-9)13(18)8-2-4-10(15)11(16)6-8/h2-6H,7H2,1H3. The predicted molar refractivity (Wildman–Crippen MR) is 71.5 cm³/mol. The highest BCUT2D eigenvalue weighted by Gasteiger charge is 2.15. The Hall–Kier alpha value is -1.46. The van der Waals surface area contributed by atoms with Gasteiger partial charge in [-0.05, 0) is 30.3 Å². The lowest BCUT2D eigenvalue weighted by Crippen LogP contribution is -2.25. The number of hydrogen-bond donors (Lipinski definition) is 0. The van der Waals surface area contributed by atoms with E-state index in [1.807, 2.05) is 6.07 Å². The van der Waals surface area contributed by atoms with Crippen LogP contribution in [0.4, 0.5) is 8.78 Å². The Morgan fingerprint density at radius 3 is 2.58 bits per heavy atom. The zero-order chi connectivity index (χ0) is 14.0. The fourth-order valence-electron chi connectivity index (χ4n) is 1.59. The average Bonchev–Trinajstić information content (AvgIpc) is 2.77. The van der Waals surface area contributed by atoms with Gasteiger partial charge in [-0.2, -0.15) is 0 Å². The predicted octanol–water partition coefficient (Wildman–Crippen LogP) is 3.95. The second kappa shape index (κ2) is 5.67. The summed E-state index contributed by atoms with van der Waals surface area (Å²) in [6, 6.07) is 6.67. The van der Waals surface area contributed by atoms with E-state index < -0.39 is 11.6 Å². The Morgan fingerprint density at radius 1 is 1.26 bits per heavy atom. The van der Waals surface area contributed by atoms with Crippen molar-refractivity contribution in [2.45, 2.75) is 6.54 Å². The molecule has 0 aliphatic rings. The molecule has 0 spiro atoms. The molecule has 1 amide bonds. The molecular formula is C13H10ClF2NOS. The highest BCUT2D eigenvalue weighted by molar-refractivity contribution is 7.16. The van der Waals surface area contributed by atoms with Crippen LogP contribution in [0.1, 0.15) is 15.2 Å². The molecule has 0 unspecified atom stereocenters. The Bertz CT molecular complexity index is 614. The number of thiophene rings is 1. The van der Waals surface area contributed by atoms with Crippen LogP contribution in [0.3, 0.4) is 0 Å². The zero-order valence-corrected chi connectivity index (χ0v) is 11.6. The summed E-state index contributed by atoms with van der Waals surface area (Å²) in [7, 11) is 1.59. The lowest BCUT2D eigenvalue weighted by molar-refractivity contribution is 0.0786. The summed E-state index contributed by atoms with van der Waals surface area (Å²) in [5.74, 6) is -2.37. The molecule has 0 radical (unpaired) electrons. The fourth-order valence-corrected chi connectivity index (χ4v) is 2.73. The number of halogens is 3. The minimum Gasteiger partial charge on any atom is -0.337 e. The maximum Gasteiger partial charge on any atom is 0.254 e. The Labute approximate surface area is 118 Å². The molecule has 0 saturated heterocycles. The van der Waals surface area contributed by atoms with Crippen molar-refractivity contribution in [2.24, 2.45) is 0 Å². The molecule has 2 aromatic rings. The van der Waals surface area contributed by atoms with Gasteiger partial charge >= 0.3 is 0 Å². The first-order chi connectivity index (χ1) is 8.97. The summed E-state index contributed by atoms with van der Waals surface area (Å²) in [5, 5.41) is 0. The quantitative estimate of drug-likeness (QED) is 0.840. The molecule has 1 aromatic heterocycles. The molecule has 0 fully saturated rings. The van der Waals surface area contributed by atoms with E-state index in [9.17, 15) is 13.6 Å².